The molecular formula is C15H16ClFN4O2. The first-order valence-electron chi connectivity index (χ1n) is 6.93. The third-order valence-electron chi connectivity index (χ3n) is 2.90. The molecule has 0 spiro atoms. The van der Waals surface area contributed by atoms with Crippen molar-refractivity contribution >= 4 is 29.0 Å². The number of hydrogen-bond acceptors (Lipinski definition) is 5. The molecule has 1 aromatic carbocycles. The molecule has 0 radical (unpaired) electrons. The largest absolute Gasteiger partial charge is 0.385 e. The van der Waals surface area contributed by atoms with Gasteiger partial charge in [-0.2, -0.15) is 0 Å². The Morgan fingerprint density at radius 2 is 2.13 bits per heavy atom. The Labute approximate surface area is 138 Å². The Balaban J connectivity index is 1.93. The van der Waals surface area contributed by atoms with Gasteiger partial charge in [0.1, 0.15) is 5.82 Å². The molecule has 1 aromatic heterocycles. The summed E-state index contributed by atoms with van der Waals surface area (Å²) in [6.45, 7) is 1.08. The van der Waals surface area contributed by atoms with Crippen LogP contribution in [-0.4, -0.2) is 36.4 Å². The number of hydrogen-bond donors (Lipinski definition) is 2. The lowest BCUT2D eigenvalue weighted by atomic mass is 10.3. The van der Waals surface area contributed by atoms with E-state index < -0.39 is 5.82 Å². The number of aromatic nitrogens is 2. The highest BCUT2D eigenvalue weighted by molar-refractivity contribution is 6.31. The van der Waals surface area contributed by atoms with Gasteiger partial charge in [0.15, 0.2) is 11.5 Å². The zero-order chi connectivity index (χ0) is 16.7. The molecule has 0 aliphatic heterocycles. The van der Waals surface area contributed by atoms with Crippen LogP contribution in [0.2, 0.25) is 5.02 Å². The van der Waals surface area contributed by atoms with Crippen LogP contribution >= 0.6 is 11.6 Å². The number of halogens is 2. The second kappa shape index (κ2) is 8.40. The van der Waals surface area contributed by atoms with E-state index in [1.54, 1.807) is 19.2 Å². The molecule has 0 saturated heterocycles. The Kier molecular flexibility index (Phi) is 6.25. The molecule has 1 amide bonds. The number of nitrogens with zero attached hydrogens (tertiary/aromatic N) is 2. The van der Waals surface area contributed by atoms with Gasteiger partial charge in [0.2, 0.25) is 0 Å². The van der Waals surface area contributed by atoms with Crippen LogP contribution in [0.3, 0.4) is 0 Å². The summed E-state index contributed by atoms with van der Waals surface area (Å²) in [5, 5.41) is 13.4. The highest BCUT2D eigenvalue weighted by atomic mass is 35.5. The summed E-state index contributed by atoms with van der Waals surface area (Å²) in [4.78, 5) is 11.8. The van der Waals surface area contributed by atoms with Crippen molar-refractivity contribution in [3.63, 3.8) is 0 Å². The lowest BCUT2D eigenvalue weighted by molar-refractivity contribution is 0.0942. The smallest absolute Gasteiger partial charge is 0.271 e. The van der Waals surface area contributed by atoms with Crippen molar-refractivity contribution in [1.29, 1.82) is 0 Å². The number of benzene rings is 1. The van der Waals surface area contributed by atoms with Crippen molar-refractivity contribution < 1.29 is 13.9 Å². The third-order valence-corrected chi connectivity index (χ3v) is 3.19. The first-order valence-corrected chi connectivity index (χ1v) is 7.31. The standard InChI is InChI=1S/C15H16ClFN4O2/c1-23-8-2-7-18-15(22)13-5-6-14(21-20-13)19-10-3-4-12(17)11(16)9-10/h3-6,9H,2,7-8H2,1H3,(H,18,22)(H,19,21). The quantitative estimate of drug-likeness (QED) is 0.759. The number of ether oxygens (including phenoxy) is 1. The topological polar surface area (TPSA) is 76.1 Å². The monoisotopic (exact) mass is 338 g/mol. The van der Waals surface area contributed by atoms with Gasteiger partial charge in [-0.3, -0.25) is 4.79 Å². The van der Waals surface area contributed by atoms with E-state index in [2.05, 4.69) is 20.8 Å². The van der Waals surface area contributed by atoms with Gasteiger partial charge in [0.25, 0.3) is 5.91 Å². The summed E-state index contributed by atoms with van der Waals surface area (Å²) in [6, 6.07) is 7.37. The molecular weight excluding hydrogens is 323 g/mol. The van der Waals surface area contributed by atoms with Crippen molar-refractivity contribution in [2.75, 3.05) is 25.6 Å². The Morgan fingerprint density at radius 1 is 1.30 bits per heavy atom. The molecule has 0 saturated carbocycles. The number of nitrogens with one attached hydrogen (secondary N) is 2. The number of carbonyl (C=O) groups excluding carboxylic acids is 1. The minimum absolute atomic E-state index is 0.00927. The van der Waals surface area contributed by atoms with Crippen LogP contribution in [0.1, 0.15) is 16.9 Å². The maximum absolute atomic E-state index is 13.1. The van der Waals surface area contributed by atoms with Crippen molar-refractivity contribution in [1.82, 2.24) is 15.5 Å². The SMILES string of the molecule is COCCCNC(=O)c1ccc(Nc2ccc(F)c(Cl)c2)nn1. The lowest BCUT2D eigenvalue weighted by Crippen LogP contribution is -2.26. The van der Waals surface area contributed by atoms with Crippen molar-refractivity contribution in [3.8, 4) is 0 Å². The second-order valence-electron chi connectivity index (χ2n) is 4.66. The fourth-order valence-corrected chi connectivity index (χ4v) is 1.93. The summed E-state index contributed by atoms with van der Waals surface area (Å²) >= 11 is 5.70. The molecule has 8 heteroatoms. The number of amides is 1. The fraction of sp³-hybridized carbons (Fsp3) is 0.267. The fourth-order valence-electron chi connectivity index (χ4n) is 1.75. The maximum atomic E-state index is 13.1. The molecule has 0 bridgehead atoms. The van der Waals surface area contributed by atoms with Crippen molar-refractivity contribution in [2.24, 2.45) is 0 Å². The van der Waals surface area contributed by atoms with Crippen LogP contribution in [0.25, 0.3) is 0 Å². The zero-order valence-corrected chi connectivity index (χ0v) is 13.2. The number of rotatable bonds is 7. The Bertz CT molecular complexity index is 667. The zero-order valence-electron chi connectivity index (χ0n) is 12.5. The van der Waals surface area contributed by atoms with E-state index in [0.717, 1.165) is 6.42 Å². The van der Waals surface area contributed by atoms with E-state index in [9.17, 15) is 9.18 Å². The summed E-state index contributed by atoms with van der Waals surface area (Å²) < 4.78 is 18.0. The van der Waals surface area contributed by atoms with E-state index in [0.29, 0.717) is 24.7 Å². The van der Waals surface area contributed by atoms with Crippen LogP contribution in [0.15, 0.2) is 30.3 Å². The predicted octanol–water partition coefficient (Wildman–Crippen LogP) is 2.78. The number of anilines is 2. The summed E-state index contributed by atoms with van der Waals surface area (Å²) in [6.07, 6.45) is 0.723. The highest BCUT2D eigenvalue weighted by Gasteiger charge is 2.08. The van der Waals surface area contributed by atoms with Crippen LogP contribution in [0.4, 0.5) is 15.9 Å². The molecule has 6 nitrogen and oxygen atoms in total. The Morgan fingerprint density at radius 3 is 2.78 bits per heavy atom. The summed E-state index contributed by atoms with van der Waals surface area (Å²) in [5.74, 6) is -0.377. The van der Waals surface area contributed by atoms with Gasteiger partial charge >= 0.3 is 0 Å². The maximum Gasteiger partial charge on any atom is 0.271 e. The summed E-state index contributed by atoms with van der Waals surface area (Å²) in [7, 11) is 1.60. The van der Waals surface area contributed by atoms with Gasteiger partial charge in [-0.1, -0.05) is 11.6 Å². The first-order chi connectivity index (χ1) is 11.1. The molecule has 0 aliphatic rings. The normalized spacial score (nSPS) is 10.4. The van der Waals surface area contributed by atoms with Crippen LogP contribution in [0.5, 0.6) is 0 Å². The van der Waals surface area contributed by atoms with Crippen LogP contribution < -0.4 is 10.6 Å². The molecule has 23 heavy (non-hydrogen) atoms. The Hall–Kier alpha value is -2.25. The molecule has 0 unspecified atom stereocenters. The van der Waals surface area contributed by atoms with E-state index in [-0.39, 0.29) is 16.6 Å². The molecule has 0 aliphatic carbocycles. The molecule has 0 fully saturated rings. The van der Waals surface area contributed by atoms with Gasteiger partial charge in [0.05, 0.1) is 5.02 Å². The van der Waals surface area contributed by atoms with Gasteiger partial charge in [0, 0.05) is 25.9 Å². The molecule has 0 atom stereocenters. The van der Waals surface area contributed by atoms with Gasteiger partial charge < -0.3 is 15.4 Å². The van der Waals surface area contributed by atoms with Crippen LogP contribution in [-0.2, 0) is 4.74 Å². The minimum atomic E-state index is -0.496. The molecule has 2 rings (SSSR count). The van der Waals surface area contributed by atoms with Crippen LogP contribution in [0, 0.1) is 5.82 Å². The average molecular weight is 339 g/mol. The first kappa shape index (κ1) is 17.1. The average Bonchev–Trinajstić information content (AvgIpc) is 2.55. The van der Waals surface area contributed by atoms with E-state index >= 15 is 0 Å². The van der Waals surface area contributed by atoms with E-state index in [1.165, 1.54) is 18.2 Å². The number of carbonyl (C=O) groups is 1. The second-order valence-corrected chi connectivity index (χ2v) is 5.07. The highest BCUT2D eigenvalue weighted by Crippen LogP contribution is 2.21. The molecule has 2 aromatic rings. The summed E-state index contributed by atoms with van der Waals surface area (Å²) in [5.41, 5.74) is 0.785. The van der Waals surface area contributed by atoms with Crippen molar-refractivity contribution in [2.45, 2.75) is 6.42 Å². The van der Waals surface area contributed by atoms with E-state index in [4.69, 9.17) is 16.3 Å². The number of methoxy groups -OCH3 is 1. The predicted molar refractivity (Wildman–Crippen MR) is 85.6 cm³/mol. The van der Waals surface area contributed by atoms with Crippen molar-refractivity contribution in [3.05, 3.63) is 46.9 Å². The lowest BCUT2D eigenvalue weighted by Gasteiger charge is -2.07. The van der Waals surface area contributed by atoms with Gasteiger partial charge in [-0.15, -0.1) is 10.2 Å². The van der Waals surface area contributed by atoms with Gasteiger partial charge in [-0.25, -0.2) is 4.39 Å². The van der Waals surface area contributed by atoms with Gasteiger partial charge in [-0.05, 0) is 36.8 Å². The minimum Gasteiger partial charge on any atom is -0.385 e. The third kappa shape index (κ3) is 5.15. The molecule has 1 heterocycles. The molecule has 2 N–H and O–H groups in total. The molecule has 122 valence electrons. The van der Waals surface area contributed by atoms with E-state index in [1.807, 2.05) is 0 Å².